The van der Waals surface area contributed by atoms with E-state index in [-0.39, 0.29) is 47.5 Å². The van der Waals surface area contributed by atoms with E-state index in [0.29, 0.717) is 25.7 Å². The molecule has 8 aliphatic rings. The second kappa shape index (κ2) is 18.0. The largest absolute Gasteiger partial charge is 0.479 e. The Bertz CT molecular complexity index is 1870. The van der Waals surface area contributed by atoms with Crippen LogP contribution in [0.2, 0.25) is 0 Å². The van der Waals surface area contributed by atoms with Gasteiger partial charge >= 0.3 is 11.9 Å². The molecule has 0 radical (unpaired) electrons. The Labute approximate surface area is 395 Å². The summed E-state index contributed by atoms with van der Waals surface area (Å²) in [6, 6.07) is 0. The highest BCUT2D eigenvalue weighted by Gasteiger charge is 2.84. The van der Waals surface area contributed by atoms with E-state index in [1.54, 1.807) is 0 Å². The molecular weight excluding hydrogens is 900 g/mol. The lowest BCUT2D eigenvalue weighted by molar-refractivity contribution is -0.349. The van der Waals surface area contributed by atoms with Crippen LogP contribution in [0.3, 0.4) is 0 Å². The summed E-state index contributed by atoms with van der Waals surface area (Å²) in [5, 5.41) is 139. The third-order valence-electron chi connectivity index (χ3n) is 19.4. The van der Waals surface area contributed by atoms with Gasteiger partial charge in [0.2, 0.25) is 0 Å². The average Bonchev–Trinajstić information content (AvgIpc) is 3.85. The standard InChI is InChI=1S/C47H76O21/c1-18(8-9-24(65-40-32(57)27(52)29(54)34(66-40)37(59)60)43(4,5)68-41-33(58)28(53)30(55)35(67-41)38(61)62)25-20(49)15-45(7)22-14-19(48)36-42(2,3)23(64-39-31(56)26(51)21(50)16-63-39)10-11-47(36)17-46(22,47)13-12-44(25,45)6/h18-36,39-41,48-58H,8-17H2,1-7H3,(H,59,60)(H,61,62)/t18-,19+,20+,21-,22+,23+,24+,25+,26+,27+,28+,29+,30+,31-,32-,33-,34+,35+,36+,39+,40-,41+,44-,45+,46+,47-/m1/s1. The van der Waals surface area contributed by atoms with Crippen LogP contribution in [0.15, 0.2) is 0 Å². The first kappa shape index (κ1) is 52.6. The minimum atomic E-state index is -2.01. The van der Waals surface area contributed by atoms with Gasteiger partial charge in [-0.25, -0.2) is 9.59 Å². The molecule has 2 spiro atoms. The van der Waals surface area contributed by atoms with Gasteiger partial charge in [0, 0.05) is 0 Å². The fourth-order valence-electron chi connectivity index (χ4n) is 15.8. The van der Waals surface area contributed by atoms with Crippen LogP contribution in [-0.2, 0) is 38.0 Å². The number of carboxylic acids is 2. The summed E-state index contributed by atoms with van der Waals surface area (Å²) in [6.45, 7) is 13.5. The van der Waals surface area contributed by atoms with Gasteiger partial charge in [0.15, 0.2) is 31.1 Å². The molecule has 0 unspecified atom stereocenters. The van der Waals surface area contributed by atoms with Crippen molar-refractivity contribution in [2.45, 2.75) is 222 Å². The van der Waals surface area contributed by atoms with Gasteiger partial charge in [0.25, 0.3) is 0 Å². The van der Waals surface area contributed by atoms with E-state index >= 15 is 0 Å². The average molecular weight is 977 g/mol. The van der Waals surface area contributed by atoms with Crippen molar-refractivity contribution in [1.82, 2.24) is 0 Å². The fourth-order valence-corrected chi connectivity index (χ4v) is 15.8. The summed E-state index contributed by atoms with van der Waals surface area (Å²) < 4.78 is 35.3. The molecule has 0 aromatic heterocycles. The Hall–Kier alpha value is -1.74. The van der Waals surface area contributed by atoms with E-state index in [2.05, 4.69) is 27.7 Å². The number of rotatable bonds is 13. The lowest BCUT2D eigenvalue weighted by Gasteiger charge is -2.64. The number of hydrogen-bond donors (Lipinski definition) is 13. The first-order chi connectivity index (χ1) is 31.5. The highest BCUT2D eigenvalue weighted by Crippen LogP contribution is 2.89. The van der Waals surface area contributed by atoms with Crippen molar-refractivity contribution in [3.8, 4) is 0 Å². The van der Waals surface area contributed by atoms with Gasteiger partial charge in [-0.05, 0) is 122 Å². The smallest absolute Gasteiger partial charge is 0.335 e. The molecule has 5 aliphatic carbocycles. The molecule has 0 amide bonds. The molecule has 5 saturated carbocycles. The van der Waals surface area contributed by atoms with Gasteiger partial charge in [-0.1, -0.05) is 34.6 Å². The van der Waals surface area contributed by atoms with Crippen molar-refractivity contribution >= 4 is 11.9 Å². The van der Waals surface area contributed by atoms with E-state index in [0.717, 1.165) is 25.7 Å². The van der Waals surface area contributed by atoms with Crippen LogP contribution in [0.25, 0.3) is 0 Å². The van der Waals surface area contributed by atoms with Crippen LogP contribution in [0.4, 0.5) is 0 Å². The summed E-state index contributed by atoms with van der Waals surface area (Å²) in [5.41, 5.74) is -3.28. The van der Waals surface area contributed by atoms with Crippen LogP contribution in [-0.4, -0.2) is 201 Å². The summed E-state index contributed by atoms with van der Waals surface area (Å²) in [4.78, 5) is 24.0. The highest BCUT2D eigenvalue weighted by atomic mass is 16.7. The Kier molecular flexibility index (Phi) is 13.9. The molecule has 390 valence electrons. The summed E-state index contributed by atoms with van der Waals surface area (Å²) >= 11 is 0. The quantitative estimate of drug-likeness (QED) is 0.0941. The molecule has 13 N–H and O–H groups in total. The van der Waals surface area contributed by atoms with Crippen molar-refractivity contribution in [3.63, 3.8) is 0 Å². The number of aliphatic hydroxyl groups excluding tert-OH is 11. The Morgan fingerprint density at radius 3 is 1.84 bits per heavy atom. The van der Waals surface area contributed by atoms with Gasteiger partial charge in [-0.2, -0.15) is 0 Å². The maximum absolute atomic E-state index is 12.4. The Morgan fingerprint density at radius 2 is 1.24 bits per heavy atom. The molecular formula is C47H76O21. The first-order valence-corrected chi connectivity index (χ1v) is 24.4. The third-order valence-corrected chi connectivity index (χ3v) is 19.4. The number of carboxylic acid groups (broad SMARTS) is 2. The predicted octanol–water partition coefficient (Wildman–Crippen LogP) is -1.43. The number of aliphatic carboxylic acids is 2. The van der Waals surface area contributed by atoms with Crippen LogP contribution in [0, 0.1) is 50.7 Å². The molecule has 21 nitrogen and oxygen atoms in total. The van der Waals surface area contributed by atoms with E-state index in [4.69, 9.17) is 28.4 Å². The van der Waals surface area contributed by atoms with E-state index in [1.807, 2.05) is 6.92 Å². The van der Waals surface area contributed by atoms with Crippen molar-refractivity contribution in [2.24, 2.45) is 50.7 Å². The van der Waals surface area contributed by atoms with Crippen LogP contribution in [0.1, 0.15) is 106 Å². The molecule has 8 rings (SSSR count). The molecule has 8 fully saturated rings. The van der Waals surface area contributed by atoms with Gasteiger partial charge in [-0.3, -0.25) is 0 Å². The fraction of sp³-hybridized carbons (Fsp3) is 0.957. The number of carbonyl (C=O) groups is 2. The number of aliphatic hydroxyl groups is 11. The highest BCUT2D eigenvalue weighted by molar-refractivity contribution is 5.73. The Morgan fingerprint density at radius 1 is 0.662 bits per heavy atom. The van der Waals surface area contributed by atoms with Crippen LogP contribution >= 0.6 is 0 Å². The van der Waals surface area contributed by atoms with Gasteiger partial charge in [0.1, 0.15) is 54.9 Å². The van der Waals surface area contributed by atoms with Gasteiger partial charge < -0.3 is 94.8 Å². The first-order valence-electron chi connectivity index (χ1n) is 24.4. The van der Waals surface area contributed by atoms with E-state index < -0.39 is 144 Å². The lowest BCUT2D eigenvalue weighted by Crippen LogP contribution is -2.63. The zero-order valence-corrected chi connectivity index (χ0v) is 39.9. The molecule has 3 saturated heterocycles. The predicted molar refractivity (Wildman–Crippen MR) is 229 cm³/mol. The second-order valence-electron chi connectivity index (χ2n) is 23.6. The van der Waals surface area contributed by atoms with E-state index in [1.165, 1.54) is 13.8 Å². The number of ether oxygens (including phenoxy) is 6. The summed E-state index contributed by atoms with van der Waals surface area (Å²) in [7, 11) is 0. The maximum Gasteiger partial charge on any atom is 0.335 e. The lowest BCUT2D eigenvalue weighted by atomic mass is 9.41. The SMILES string of the molecule is C[C@H](CC[C@H](O[C@@H]1O[C@H](C(=O)O)[C@@H](O)[C@H](O)[C@H]1O)C(C)(C)O[C@@H]1O[C@H](C(=O)O)[C@@H](O)[C@H](O)[C@H]1O)[C@H]1[C@@H](O)C[C@@]2(C)[C@@H]3C[C@H](O)[C@H]4C(C)(C)[C@@H](O[C@@H]5OC[C@@H](O)[C@H](O)[C@H]5O)CC[C@@]45C[C@@]35CC[C@]12C. The van der Waals surface area contributed by atoms with Crippen LogP contribution < -0.4 is 0 Å². The molecule has 3 aliphatic heterocycles. The third kappa shape index (κ3) is 8.00. The van der Waals surface area contributed by atoms with Crippen molar-refractivity contribution < 1.29 is 104 Å². The molecule has 0 aromatic carbocycles. The van der Waals surface area contributed by atoms with Gasteiger partial charge in [0.05, 0.1) is 36.6 Å². The summed E-state index contributed by atoms with van der Waals surface area (Å²) in [6.07, 6.45) is -22.4. The molecule has 21 heteroatoms. The normalized spacial score (nSPS) is 53.0. The topological polar surface area (TPSA) is 353 Å². The van der Waals surface area contributed by atoms with Crippen LogP contribution in [0.5, 0.6) is 0 Å². The molecule has 0 bridgehead atoms. The second-order valence-corrected chi connectivity index (χ2v) is 23.6. The molecule has 3 heterocycles. The Balaban J connectivity index is 1.01. The number of fused-ring (bicyclic) bond motifs is 2. The zero-order valence-electron chi connectivity index (χ0n) is 39.9. The zero-order chi connectivity index (χ0) is 50.2. The molecule has 68 heavy (non-hydrogen) atoms. The molecule has 26 atom stereocenters. The minimum absolute atomic E-state index is 0.0567. The van der Waals surface area contributed by atoms with Crippen molar-refractivity contribution in [3.05, 3.63) is 0 Å². The number of hydrogen-bond acceptors (Lipinski definition) is 19. The van der Waals surface area contributed by atoms with Crippen molar-refractivity contribution in [2.75, 3.05) is 6.61 Å². The van der Waals surface area contributed by atoms with E-state index in [9.17, 15) is 76.0 Å². The maximum atomic E-state index is 12.4. The monoisotopic (exact) mass is 976 g/mol. The minimum Gasteiger partial charge on any atom is -0.479 e. The van der Waals surface area contributed by atoms with Crippen molar-refractivity contribution in [1.29, 1.82) is 0 Å². The summed E-state index contributed by atoms with van der Waals surface area (Å²) in [5.74, 6) is -3.83. The van der Waals surface area contributed by atoms with Gasteiger partial charge in [-0.15, -0.1) is 0 Å². The molecule has 0 aromatic rings.